The monoisotopic (exact) mass is 291 g/mol. The summed E-state index contributed by atoms with van der Waals surface area (Å²) >= 11 is 0. The lowest BCUT2D eigenvalue weighted by atomic mass is 9.96. The molecule has 1 heterocycles. The number of hydrogen-bond acceptors (Lipinski definition) is 4. The minimum absolute atomic E-state index is 0.104. The number of likely N-dealkylation sites (N-methyl/N-ethyl adjacent to an activating group) is 1. The van der Waals surface area contributed by atoms with Crippen LogP contribution in [0.4, 0.5) is 0 Å². The summed E-state index contributed by atoms with van der Waals surface area (Å²) in [6.07, 6.45) is 4.65. The van der Waals surface area contributed by atoms with Gasteiger partial charge >= 0.3 is 0 Å². The molecule has 1 aliphatic carbocycles. The second-order valence-corrected chi connectivity index (χ2v) is 7.67. The van der Waals surface area contributed by atoms with Crippen LogP contribution in [0.5, 0.6) is 0 Å². The number of nitrogens with one attached hydrogen (secondary N) is 1. The summed E-state index contributed by atoms with van der Waals surface area (Å²) in [6.45, 7) is 0.965. The van der Waals surface area contributed by atoms with E-state index >= 15 is 0 Å². The van der Waals surface area contributed by atoms with E-state index in [1.165, 1.54) is 15.0 Å². The van der Waals surface area contributed by atoms with Crippen LogP contribution in [-0.4, -0.2) is 67.5 Å². The highest BCUT2D eigenvalue weighted by Gasteiger charge is 2.38. The number of nitrogens with zero attached hydrogens (tertiary/aromatic N) is 2. The highest BCUT2D eigenvalue weighted by Crippen LogP contribution is 2.25. The Balaban J connectivity index is 2.07. The molecule has 0 aromatic heterocycles. The van der Waals surface area contributed by atoms with Crippen LogP contribution in [0.25, 0.3) is 0 Å². The zero-order valence-electron chi connectivity index (χ0n) is 11.7. The van der Waals surface area contributed by atoms with Crippen molar-refractivity contribution in [1.29, 1.82) is 0 Å². The molecule has 2 rings (SSSR count). The van der Waals surface area contributed by atoms with Crippen LogP contribution in [0.2, 0.25) is 0 Å². The maximum absolute atomic E-state index is 12.6. The summed E-state index contributed by atoms with van der Waals surface area (Å²) in [5.74, 6) is 0. The zero-order valence-corrected chi connectivity index (χ0v) is 12.6. The quantitative estimate of drug-likeness (QED) is 0.750. The number of hydrogen-bond donors (Lipinski definition) is 2. The lowest BCUT2D eigenvalue weighted by Gasteiger charge is -2.35. The molecule has 2 aliphatic rings. The van der Waals surface area contributed by atoms with E-state index in [0.29, 0.717) is 13.1 Å². The van der Waals surface area contributed by atoms with Gasteiger partial charge in [0, 0.05) is 33.2 Å². The van der Waals surface area contributed by atoms with E-state index in [-0.39, 0.29) is 12.1 Å². The highest BCUT2D eigenvalue weighted by molar-refractivity contribution is 7.86. The Morgan fingerprint density at radius 1 is 1.05 bits per heavy atom. The average molecular weight is 291 g/mol. The second-order valence-electron chi connectivity index (χ2n) is 5.62. The second kappa shape index (κ2) is 6.05. The fourth-order valence-electron chi connectivity index (χ4n) is 3.03. The van der Waals surface area contributed by atoms with Gasteiger partial charge in [-0.05, 0) is 12.8 Å². The van der Waals surface area contributed by atoms with E-state index in [1.807, 2.05) is 0 Å². The van der Waals surface area contributed by atoms with Crippen LogP contribution in [0.3, 0.4) is 0 Å². The Morgan fingerprint density at radius 3 is 2.21 bits per heavy atom. The third-order valence-corrected chi connectivity index (χ3v) is 6.46. The highest BCUT2D eigenvalue weighted by atomic mass is 32.2. The van der Waals surface area contributed by atoms with Crippen LogP contribution in [0.1, 0.15) is 32.1 Å². The Labute approximate surface area is 116 Å². The molecule has 0 aromatic carbocycles. The number of aliphatic hydroxyl groups is 1. The molecule has 1 saturated heterocycles. The Kier molecular flexibility index (Phi) is 4.84. The smallest absolute Gasteiger partial charge is 0.282 e. The zero-order chi connectivity index (χ0) is 14.0. The van der Waals surface area contributed by atoms with E-state index in [0.717, 1.165) is 25.7 Å². The number of rotatable bonds is 4. The molecule has 6 nitrogen and oxygen atoms in total. The van der Waals surface area contributed by atoms with Crippen molar-refractivity contribution in [3.63, 3.8) is 0 Å². The van der Waals surface area contributed by atoms with Gasteiger partial charge in [0.2, 0.25) is 0 Å². The Bertz CT molecular complexity index is 395. The van der Waals surface area contributed by atoms with Crippen LogP contribution < -0.4 is 5.32 Å². The minimum Gasteiger partial charge on any atom is -0.390 e. The van der Waals surface area contributed by atoms with Crippen LogP contribution in [-0.2, 0) is 10.2 Å². The first-order valence-electron chi connectivity index (χ1n) is 7.04. The molecule has 2 atom stereocenters. The van der Waals surface area contributed by atoms with Crippen molar-refractivity contribution in [3.8, 4) is 0 Å². The minimum atomic E-state index is -3.49. The summed E-state index contributed by atoms with van der Waals surface area (Å²) in [7, 11) is -0.260. The lowest BCUT2D eigenvalue weighted by Crippen LogP contribution is -2.52. The van der Waals surface area contributed by atoms with Crippen LogP contribution in [0.15, 0.2) is 0 Å². The van der Waals surface area contributed by atoms with Gasteiger partial charge in [0.15, 0.2) is 0 Å². The van der Waals surface area contributed by atoms with Gasteiger partial charge in [-0.1, -0.05) is 19.3 Å². The van der Waals surface area contributed by atoms with Crippen molar-refractivity contribution < 1.29 is 13.5 Å². The summed E-state index contributed by atoms with van der Waals surface area (Å²) < 4.78 is 28.0. The Morgan fingerprint density at radius 2 is 1.68 bits per heavy atom. The molecular weight excluding hydrogens is 266 g/mol. The van der Waals surface area contributed by atoms with Crippen molar-refractivity contribution in [2.75, 3.05) is 27.2 Å². The molecule has 0 amide bonds. The van der Waals surface area contributed by atoms with Crippen molar-refractivity contribution >= 4 is 10.2 Å². The van der Waals surface area contributed by atoms with E-state index in [1.54, 1.807) is 14.1 Å². The predicted octanol–water partition coefficient (Wildman–Crippen LogP) is -0.240. The average Bonchev–Trinajstić information content (AvgIpc) is 2.84. The summed E-state index contributed by atoms with van der Waals surface area (Å²) in [4.78, 5) is 0. The first-order chi connectivity index (χ1) is 8.94. The molecular formula is C12H25N3O3S. The molecule has 0 unspecified atom stereocenters. The molecule has 0 spiro atoms. The van der Waals surface area contributed by atoms with Gasteiger partial charge in [0.25, 0.3) is 10.2 Å². The largest absolute Gasteiger partial charge is 0.390 e. The fourth-order valence-corrected chi connectivity index (χ4v) is 4.58. The molecule has 0 bridgehead atoms. The number of aliphatic hydroxyl groups excluding tert-OH is 1. The fraction of sp³-hybridized carbons (Fsp3) is 1.00. The lowest BCUT2D eigenvalue weighted by molar-refractivity contribution is 0.131. The maximum atomic E-state index is 12.6. The standard InChI is InChI=1S/C12H25N3O3S/c1-14(10-6-4-3-5-7-10)19(17,18)15(2)11-8-13-9-12(11)16/h10-13,16H,3-9H2,1-2H3/t11-,12-/m0/s1. The molecule has 1 saturated carbocycles. The normalized spacial score (nSPS) is 30.4. The molecule has 19 heavy (non-hydrogen) atoms. The van der Waals surface area contributed by atoms with E-state index in [9.17, 15) is 13.5 Å². The molecule has 0 aromatic rings. The molecule has 2 N–H and O–H groups in total. The summed E-state index contributed by atoms with van der Waals surface area (Å²) in [5, 5.41) is 12.8. The van der Waals surface area contributed by atoms with Crippen molar-refractivity contribution in [3.05, 3.63) is 0 Å². The summed E-state index contributed by atoms with van der Waals surface area (Å²) in [5.41, 5.74) is 0. The van der Waals surface area contributed by atoms with Crippen LogP contribution >= 0.6 is 0 Å². The van der Waals surface area contributed by atoms with E-state index in [4.69, 9.17) is 0 Å². The van der Waals surface area contributed by atoms with Gasteiger partial charge in [-0.2, -0.15) is 17.0 Å². The molecule has 0 radical (unpaired) electrons. The molecule has 2 fully saturated rings. The first-order valence-corrected chi connectivity index (χ1v) is 8.44. The third-order valence-electron chi connectivity index (χ3n) is 4.43. The third kappa shape index (κ3) is 3.11. The predicted molar refractivity (Wildman–Crippen MR) is 74.0 cm³/mol. The van der Waals surface area contributed by atoms with Gasteiger partial charge in [-0.25, -0.2) is 0 Å². The van der Waals surface area contributed by atoms with Gasteiger partial charge in [0.1, 0.15) is 0 Å². The SMILES string of the molecule is CN(C1CCCCC1)S(=O)(=O)N(C)[C@H]1CNC[C@@H]1O. The molecule has 7 heteroatoms. The van der Waals surface area contributed by atoms with Gasteiger partial charge < -0.3 is 10.4 Å². The summed E-state index contributed by atoms with van der Waals surface area (Å²) in [6, 6.07) is -0.260. The first kappa shape index (κ1) is 15.2. The molecule has 112 valence electrons. The van der Waals surface area contributed by atoms with Crippen LogP contribution in [0, 0.1) is 0 Å². The number of β-amino-alcohol motifs (C(OH)–C–C–N with tert-alkyl or cyclic N) is 1. The topological polar surface area (TPSA) is 72.9 Å². The van der Waals surface area contributed by atoms with E-state index in [2.05, 4.69) is 5.32 Å². The molecule has 1 aliphatic heterocycles. The van der Waals surface area contributed by atoms with Gasteiger partial charge in [0.05, 0.1) is 12.1 Å². The van der Waals surface area contributed by atoms with Gasteiger partial charge in [-0.3, -0.25) is 0 Å². The van der Waals surface area contributed by atoms with Crippen molar-refractivity contribution in [2.24, 2.45) is 0 Å². The Hall–Kier alpha value is -0.210. The van der Waals surface area contributed by atoms with Gasteiger partial charge in [-0.15, -0.1) is 0 Å². The maximum Gasteiger partial charge on any atom is 0.282 e. The van der Waals surface area contributed by atoms with Crippen molar-refractivity contribution in [2.45, 2.75) is 50.3 Å². The van der Waals surface area contributed by atoms with E-state index < -0.39 is 16.3 Å². The van der Waals surface area contributed by atoms with Crippen molar-refractivity contribution in [1.82, 2.24) is 13.9 Å².